The highest BCUT2D eigenvalue weighted by molar-refractivity contribution is 6.30. The van der Waals surface area contributed by atoms with Gasteiger partial charge in [0.15, 0.2) is 0 Å². The van der Waals surface area contributed by atoms with Crippen LogP contribution >= 0.6 is 11.6 Å². The summed E-state index contributed by atoms with van der Waals surface area (Å²) in [5.41, 5.74) is 3.64. The second kappa shape index (κ2) is 11.0. The van der Waals surface area contributed by atoms with Gasteiger partial charge in [0.1, 0.15) is 18.5 Å². The molecule has 0 bridgehead atoms. The van der Waals surface area contributed by atoms with Gasteiger partial charge in [0.2, 0.25) is 5.91 Å². The van der Waals surface area contributed by atoms with Crippen LogP contribution < -0.4 is 10.1 Å². The first kappa shape index (κ1) is 23.7. The first-order valence-electron chi connectivity index (χ1n) is 9.79. The summed E-state index contributed by atoms with van der Waals surface area (Å²) in [6.07, 6.45) is -0.384. The SMILES string of the molecule is CCOC(C)=O.COc1cccc([C@H]2OCC(=O)Nc3ccc(Cl)cc32)c1C(C)C. The number of rotatable bonds is 4. The normalized spacial score (nSPS) is 15.3. The monoisotopic (exact) mass is 433 g/mol. The van der Waals surface area contributed by atoms with Crippen molar-refractivity contribution in [1.82, 2.24) is 0 Å². The molecule has 0 unspecified atom stereocenters. The number of carbonyl (C=O) groups is 2. The minimum absolute atomic E-state index is 0.00822. The summed E-state index contributed by atoms with van der Waals surface area (Å²) in [6, 6.07) is 11.3. The van der Waals surface area contributed by atoms with E-state index in [0.717, 1.165) is 28.1 Å². The number of hydrogen-bond acceptors (Lipinski definition) is 5. The molecule has 2 aromatic rings. The maximum atomic E-state index is 12.0. The molecule has 1 N–H and O–H groups in total. The molecule has 7 heteroatoms. The zero-order valence-electron chi connectivity index (χ0n) is 18.0. The number of hydrogen-bond donors (Lipinski definition) is 1. The van der Waals surface area contributed by atoms with Gasteiger partial charge >= 0.3 is 5.97 Å². The molecule has 0 fully saturated rings. The van der Waals surface area contributed by atoms with E-state index < -0.39 is 0 Å². The van der Waals surface area contributed by atoms with Gasteiger partial charge in [0.05, 0.1) is 13.7 Å². The van der Waals surface area contributed by atoms with E-state index in [9.17, 15) is 9.59 Å². The fraction of sp³-hybridized carbons (Fsp3) is 0.391. The Bertz CT molecular complexity index is 897. The summed E-state index contributed by atoms with van der Waals surface area (Å²) in [6.45, 7) is 7.87. The molecule has 1 heterocycles. The van der Waals surface area contributed by atoms with E-state index >= 15 is 0 Å². The second-order valence-electron chi connectivity index (χ2n) is 7.01. The molecule has 1 atom stereocenters. The topological polar surface area (TPSA) is 73.9 Å². The van der Waals surface area contributed by atoms with Gasteiger partial charge in [-0.2, -0.15) is 0 Å². The van der Waals surface area contributed by atoms with Crippen molar-refractivity contribution in [2.75, 3.05) is 25.6 Å². The lowest BCUT2D eigenvalue weighted by molar-refractivity contribution is -0.140. The summed E-state index contributed by atoms with van der Waals surface area (Å²) < 4.78 is 15.9. The Kier molecular flexibility index (Phi) is 8.69. The lowest BCUT2D eigenvalue weighted by Crippen LogP contribution is -2.16. The zero-order valence-corrected chi connectivity index (χ0v) is 18.7. The number of benzene rings is 2. The van der Waals surface area contributed by atoms with Gasteiger partial charge in [-0.15, -0.1) is 0 Å². The lowest BCUT2D eigenvalue weighted by Gasteiger charge is -2.24. The van der Waals surface area contributed by atoms with Crippen LogP contribution in [0.5, 0.6) is 5.75 Å². The number of fused-ring (bicyclic) bond motifs is 1. The third-order valence-electron chi connectivity index (χ3n) is 4.48. The van der Waals surface area contributed by atoms with Crippen molar-refractivity contribution in [3.63, 3.8) is 0 Å². The first-order valence-corrected chi connectivity index (χ1v) is 10.2. The van der Waals surface area contributed by atoms with Crippen LogP contribution in [0.15, 0.2) is 36.4 Å². The Morgan fingerprint density at radius 2 is 2.00 bits per heavy atom. The highest BCUT2D eigenvalue weighted by Crippen LogP contribution is 2.41. The summed E-state index contributed by atoms with van der Waals surface area (Å²) in [4.78, 5) is 21.8. The number of amides is 1. The van der Waals surface area contributed by atoms with Crippen LogP contribution in [-0.2, 0) is 19.1 Å². The molecule has 30 heavy (non-hydrogen) atoms. The average Bonchev–Trinajstić information content (AvgIpc) is 2.85. The average molecular weight is 434 g/mol. The first-order chi connectivity index (χ1) is 14.3. The second-order valence-corrected chi connectivity index (χ2v) is 7.45. The summed E-state index contributed by atoms with van der Waals surface area (Å²) in [7, 11) is 1.66. The predicted molar refractivity (Wildman–Crippen MR) is 117 cm³/mol. The van der Waals surface area contributed by atoms with E-state index in [2.05, 4.69) is 23.9 Å². The van der Waals surface area contributed by atoms with Crippen molar-refractivity contribution in [2.45, 2.75) is 39.7 Å². The maximum absolute atomic E-state index is 12.0. The molecule has 0 saturated heterocycles. The molecule has 0 aliphatic carbocycles. The van der Waals surface area contributed by atoms with Gasteiger partial charge in [0, 0.05) is 28.8 Å². The molecule has 1 aliphatic rings. The fourth-order valence-corrected chi connectivity index (χ4v) is 3.53. The number of nitrogens with one attached hydrogen (secondary N) is 1. The van der Waals surface area contributed by atoms with E-state index in [1.165, 1.54) is 6.92 Å². The van der Waals surface area contributed by atoms with Gasteiger partial charge in [-0.3, -0.25) is 9.59 Å². The Morgan fingerprint density at radius 3 is 2.57 bits per heavy atom. The number of methoxy groups -OCH3 is 1. The number of halogens is 1. The Hall–Kier alpha value is -2.57. The Labute approximate surface area is 182 Å². The number of esters is 1. The minimum Gasteiger partial charge on any atom is -0.496 e. The van der Waals surface area contributed by atoms with Crippen molar-refractivity contribution >= 4 is 29.2 Å². The predicted octanol–water partition coefficient (Wildman–Crippen LogP) is 5.10. The molecular formula is C23H28ClNO5. The molecule has 0 aromatic heterocycles. The van der Waals surface area contributed by atoms with Crippen LogP contribution in [-0.4, -0.2) is 32.2 Å². The van der Waals surface area contributed by atoms with Crippen molar-refractivity contribution in [1.29, 1.82) is 0 Å². The van der Waals surface area contributed by atoms with Gasteiger partial charge in [-0.1, -0.05) is 37.6 Å². The van der Waals surface area contributed by atoms with Crippen LogP contribution in [0.1, 0.15) is 56.4 Å². The Morgan fingerprint density at radius 1 is 1.27 bits per heavy atom. The Balaban J connectivity index is 0.000000469. The van der Waals surface area contributed by atoms with E-state index in [4.69, 9.17) is 21.1 Å². The summed E-state index contributed by atoms with van der Waals surface area (Å²) in [5.74, 6) is 0.681. The zero-order chi connectivity index (χ0) is 22.3. The molecule has 6 nitrogen and oxygen atoms in total. The molecule has 2 aromatic carbocycles. The molecule has 162 valence electrons. The molecule has 3 rings (SSSR count). The quantitative estimate of drug-likeness (QED) is 0.679. The van der Waals surface area contributed by atoms with E-state index in [-0.39, 0.29) is 30.5 Å². The number of anilines is 1. The van der Waals surface area contributed by atoms with Crippen molar-refractivity contribution in [2.24, 2.45) is 0 Å². The van der Waals surface area contributed by atoms with Crippen LogP contribution in [0.3, 0.4) is 0 Å². The van der Waals surface area contributed by atoms with E-state index in [0.29, 0.717) is 11.6 Å². The fourth-order valence-electron chi connectivity index (χ4n) is 3.35. The van der Waals surface area contributed by atoms with Gasteiger partial charge in [-0.25, -0.2) is 0 Å². The highest BCUT2D eigenvalue weighted by atomic mass is 35.5. The lowest BCUT2D eigenvalue weighted by atomic mass is 9.89. The van der Waals surface area contributed by atoms with Crippen molar-refractivity contribution < 1.29 is 23.8 Å². The molecule has 0 saturated carbocycles. The van der Waals surface area contributed by atoms with Crippen LogP contribution in [0.2, 0.25) is 5.02 Å². The number of carbonyl (C=O) groups excluding carboxylic acids is 2. The molecule has 0 radical (unpaired) electrons. The van der Waals surface area contributed by atoms with E-state index in [1.54, 1.807) is 20.1 Å². The van der Waals surface area contributed by atoms with Gasteiger partial charge in [0.25, 0.3) is 0 Å². The number of ether oxygens (including phenoxy) is 3. The van der Waals surface area contributed by atoms with Crippen LogP contribution in [0.4, 0.5) is 5.69 Å². The third kappa shape index (κ3) is 5.97. The van der Waals surface area contributed by atoms with Gasteiger partial charge < -0.3 is 19.5 Å². The largest absolute Gasteiger partial charge is 0.496 e. The third-order valence-corrected chi connectivity index (χ3v) is 4.71. The highest BCUT2D eigenvalue weighted by Gasteiger charge is 2.28. The summed E-state index contributed by atoms with van der Waals surface area (Å²) in [5, 5.41) is 3.48. The molecule has 0 spiro atoms. The standard InChI is InChI=1S/C19H20ClNO3.C4H8O2/c1-11(2)18-13(5-4-6-16(18)23-3)19-14-9-12(20)7-8-15(14)21-17(22)10-24-19;1-3-6-4(2)5/h4-9,11,19H,10H2,1-3H3,(H,21,22);3H2,1-2H3/t19-;/m1./s1. The summed E-state index contributed by atoms with van der Waals surface area (Å²) >= 11 is 6.19. The minimum atomic E-state index is -0.384. The maximum Gasteiger partial charge on any atom is 0.302 e. The van der Waals surface area contributed by atoms with Crippen molar-refractivity contribution in [3.8, 4) is 5.75 Å². The molecular weight excluding hydrogens is 406 g/mol. The molecule has 1 amide bonds. The van der Waals surface area contributed by atoms with Crippen molar-refractivity contribution in [3.05, 3.63) is 58.1 Å². The van der Waals surface area contributed by atoms with Crippen LogP contribution in [0.25, 0.3) is 0 Å². The molecule has 1 aliphatic heterocycles. The van der Waals surface area contributed by atoms with Crippen LogP contribution in [0, 0.1) is 0 Å². The smallest absolute Gasteiger partial charge is 0.302 e. The van der Waals surface area contributed by atoms with Gasteiger partial charge in [-0.05, 0) is 42.7 Å². The van der Waals surface area contributed by atoms with E-state index in [1.807, 2.05) is 30.3 Å².